The average Bonchev–Trinajstić information content (AvgIpc) is 3.88. The van der Waals surface area contributed by atoms with Crippen molar-refractivity contribution in [3.8, 4) is 17.2 Å². The number of hydrogen-bond acceptors (Lipinski definition) is 9. The molecule has 0 saturated heterocycles. The van der Waals surface area contributed by atoms with Gasteiger partial charge in [-0.1, -0.05) is 54.2 Å². The van der Waals surface area contributed by atoms with Gasteiger partial charge in [-0.25, -0.2) is 5.01 Å². The van der Waals surface area contributed by atoms with E-state index >= 15 is 0 Å². The molecule has 0 spiro atoms. The number of thiophene rings is 1. The van der Waals surface area contributed by atoms with E-state index in [4.69, 9.17) is 14.6 Å². The minimum Gasteiger partial charge on any atom is -0.497 e. The van der Waals surface area contributed by atoms with Crippen molar-refractivity contribution in [2.75, 3.05) is 20.0 Å². The maximum absolute atomic E-state index is 13.9. The zero-order valence-electron chi connectivity index (χ0n) is 26.5. The number of aromatic nitrogens is 3. The molecule has 10 nitrogen and oxygen atoms in total. The van der Waals surface area contributed by atoms with Crippen LogP contribution in [-0.2, 0) is 11.3 Å². The van der Waals surface area contributed by atoms with E-state index in [1.54, 1.807) is 41.7 Å². The van der Waals surface area contributed by atoms with Crippen LogP contribution in [0.3, 0.4) is 0 Å². The van der Waals surface area contributed by atoms with Crippen LogP contribution in [0, 0.1) is 13.8 Å². The van der Waals surface area contributed by atoms with Crippen LogP contribution in [0.5, 0.6) is 11.5 Å². The van der Waals surface area contributed by atoms with Gasteiger partial charge in [-0.3, -0.25) is 14.2 Å². The van der Waals surface area contributed by atoms with Gasteiger partial charge in [0, 0.05) is 6.42 Å². The van der Waals surface area contributed by atoms with Crippen LogP contribution < -0.4 is 14.8 Å². The lowest BCUT2D eigenvalue weighted by atomic mass is 10.0. The van der Waals surface area contributed by atoms with Gasteiger partial charge in [0.2, 0.25) is 0 Å². The molecule has 2 amide bonds. The summed E-state index contributed by atoms with van der Waals surface area (Å²) in [6.07, 6.45) is 0.609. The topological polar surface area (TPSA) is 111 Å². The second-order valence-corrected chi connectivity index (χ2v) is 12.8. The van der Waals surface area contributed by atoms with Crippen LogP contribution in [0.15, 0.2) is 94.5 Å². The molecule has 1 atom stereocenters. The Morgan fingerprint density at radius 2 is 1.77 bits per heavy atom. The van der Waals surface area contributed by atoms with Crippen molar-refractivity contribution in [3.63, 3.8) is 0 Å². The third-order valence-electron chi connectivity index (χ3n) is 8.07. The quantitative estimate of drug-likeness (QED) is 0.163. The summed E-state index contributed by atoms with van der Waals surface area (Å²) < 4.78 is 12.6. The molecule has 3 aromatic carbocycles. The Morgan fingerprint density at radius 1 is 0.957 bits per heavy atom. The normalized spacial score (nSPS) is 14.2. The van der Waals surface area contributed by atoms with Crippen molar-refractivity contribution in [2.24, 2.45) is 5.10 Å². The van der Waals surface area contributed by atoms with Crippen molar-refractivity contribution in [2.45, 2.75) is 38.0 Å². The van der Waals surface area contributed by atoms with E-state index in [1.807, 2.05) is 84.5 Å². The van der Waals surface area contributed by atoms with E-state index in [1.165, 1.54) is 18.9 Å². The Kier molecular flexibility index (Phi) is 9.69. The fourth-order valence-electron chi connectivity index (χ4n) is 5.42. The number of nitrogens with zero attached hydrogens (tertiary/aromatic N) is 5. The Morgan fingerprint density at radius 3 is 2.51 bits per heavy atom. The molecule has 0 radical (unpaired) electrons. The monoisotopic (exact) mass is 666 g/mol. The van der Waals surface area contributed by atoms with E-state index in [-0.39, 0.29) is 30.2 Å². The van der Waals surface area contributed by atoms with Gasteiger partial charge in [-0.15, -0.1) is 21.5 Å². The largest absolute Gasteiger partial charge is 0.497 e. The highest BCUT2D eigenvalue weighted by Crippen LogP contribution is 2.36. The third-order valence-corrected chi connectivity index (χ3v) is 9.91. The molecule has 0 bridgehead atoms. The molecule has 240 valence electrons. The number of benzene rings is 3. The maximum Gasteiger partial charge on any atom is 0.255 e. The molecule has 0 saturated carbocycles. The average molecular weight is 667 g/mol. The van der Waals surface area contributed by atoms with Gasteiger partial charge in [-0.05, 0) is 72.3 Å². The zero-order valence-corrected chi connectivity index (χ0v) is 28.1. The third kappa shape index (κ3) is 6.79. The number of carbonyl (C=O) groups is 2. The summed E-state index contributed by atoms with van der Waals surface area (Å²) in [5, 5.41) is 20.8. The second-order valence-electron chi connectivity index (χ2n) is 10.9. The lowest BCUT2D eigenvalue weighted by molar-refractivity contribution is -0.130. The lowest BCUT2D eigenvalue weighted by Crippen LogP contribution is -2.28. The molecule has 12 heteroatoms. The maximum atomic E-state index is 13.9. The molecule has 5 aromatic rings. The molecule has 0 aliphatic carbocycles. The minimum absolute atomic E-state index is 0.0877. The summed E-state index contributed by atoms with van der Waals surface area (Å²) in [5.41, 5.74) is 5.30. The summed E-state index contributed by atoms with van der Waals surface area (Å²) in [7, 11) is 3.16. The molecule has 1 N–H and O–H groups in total. The number of thioether (sulfide) groups is 1. The van der Waals surface area contributed by atoms with Crippen LogP contribution in [0.1, 0.15) is 50.2 Å². The van der Waals surface area contributed by atoms with Crippen LogP contribution in [0.2, 0.25) is 0 Å². The number of hydrogen-bond donors (Lipinski definition) is 1. The van der Waals surface area contributed by atoms with E-state index < -0.39 is 0 Å². The second kappa shape index (κ2) is 14.2. The van der Waals surface area contributed by atoms with Gasteiger partial charge < -0.3 is 14.8 Å². The molecule has 1 aliphatic heterocycles. The molecular formula is C35H34N6O4S2. The van der Waals surface area contributed by atoms with Gasteiger partial charge in [0.05, 0.1) is 54.4 Å². The molecular weight excluding hydrogens is 633 g/mol. The molecule has 1 unspecified atom stereocenters. The Hall–Kier alpha value is -4.94. The van der Waals surface area contributed by atoms with Gasteiger partial charge >= 0.3 is 0 Å². The molecule has 0 fully saturated rings. The summed E-state index contributed by atoms with van der Waals surface area (Å²) >= 11 is 2.90. The van der Waals surface area contributed by atoms with Gasteiger partial charge in [0.1, 0.15) is 11.5 Å². The van der Waals surface area contributed by atoms with Crippen molar-refractivity contribution in [1.29, 1.82) is 0 Å². The van der Waals surface area contributed by atoms with Crippen molar-refractivity contribution in [3.05, 3.63) is 117 Å². The van der Waals surface area contributed by atoms with Crippen molar-refractivity contribution < 1.29 is 19.1 Å². The van der Waals surface area contributed by atoms with E-state index in [2.05, 4.69) is 15.5 Å². The number of rotatable bonds is 11. The number of aryl methyl sites for hydroxylation is 1. The first-order valence-corrected chi connectivity index (χ1v) is 16.9. The van der Waals surface area contributed by atoms with Crippen LogP contribution in [-0.4, -0.2) is 57.3 Å². The summed E-state index contributed by atoms with van der Waals surface area (Å²) in [4.78, 5) is 28.0. The highest BCUT2D eigenvalue weighted by Gasteiger charge is 2.34. The van der Waals surface area contributed by atoms with Crippen LogP contribution in [0.25, 0.3) is 5.69 Å². The van der Waals surface area contributed by atoms with Gasteiger partial charge in [0.25, 0.3) is 11.8 Å². The number of nitrogens with one attached hydrogen (secondary N) is 1. The van der Waals surface area contributed by atoms with Gasteiger partial charge in [0.15, 0.2) is 11.0 Å². The smallest absolute Gasteiger partial charge is 0.255 e. The molecule has 6 rings (SSSR count). The minimum atomic E-state index is -0.291. The van der Waals surface area contributed by atoms with E-state index in [0.29, 0.717) is 28.7 Å². The van der Waals surface area contributed by atoms with E-state index in [0.717, 1.165) is 38.7 Å². The molecule has 2 aromatic heterocycles. The highest BCUT2D eigenvalue weighted by molar-refractivity contribution is 7.99. The highest BCUT2D eigenvalue weighted by atomic mass is 32.2. The van der Waals surface area contributed by atoms with Crippen molar-refractivity contribution in [1.82, 2.24) is 25.1 Å². The first kappa shape index (κ1) is 32.0. The number of hydrazone groups is 1. The SMILES string of the molecule is COc1ccc(C2CC(c3cccs3)=NN2C(=O)CSc2nnc(CNC(=O)c3ccccc3OC)n2-c2cccc(C)c2C)cc1. The first-order chi connectivity index (χ1) is 22.9. The lowest BCUT2D eigenvalue weighted by Gasteiger charge is -2.22. The fourth-order valence-corrected chi connectivity index (χ4v) is 6.96. The molecule has 1 aliphatic rings. The number of methoxy groups -OCH3 is 2. The first-order valence-electron chi connectivity index (χ1n) is 15.0. The predicted octanol–water partition coefficient (Wildman–Crippen LogP) is 6.36. The van der Waals surface area contributed by atoms with E-state index in [9.17, 15) is 9.59 Å². The molecule has 3 heterocycles. The summed E-state index contributed by atoms with van der Waals surface area (Å²) in [5.74, 6) is 1.41. The fraction of sp³-hybridized carbons (Fsp3) is 0.229. The number of amides is 2. The summed E-state index contributed by atoms with van der Waals surface area (Å²) in [6, 6.07) is 24.6. The summed E-state index contributed by atoms with van der Waals surface area (Å²) in [6.45, 7) is 4.19. The van der Waals surface area contributed by atoms with Crippen molar-refractivity contribution >= 4 is 40.6 Å². The standard InChI is InChI=1S/C35H34N6O4S2/c1-22-9-7-11-28(23(22)2)40-32(20-36-34(43)26-10-5-6-12-30(26)45-4)37-38-35(40)47-21-33(42)41-29(24-14-16-25(44-3)17-15-24)19-27(39-41)31-13-8-18-46-31/h5-18,29H,19-21H2,1-4H3,(H,36,43). The predicted molar refractivity (Wildman–Crippen MR) is 184 cm³/mol. The Labute approximate surface area is 281 Å². The number of ether oxygens (including phenoxy) is 2. The zero-order chi connectivity index (χ0) is 32.9. The number of carbonyl (C=O) groups excluding carboxylic acids is 2. The molecule has 47 heavy (non-hydrogen) atoms. The number of para-hydroxylation sites is 1. The van der Waals surface area contributed by atoms with Crippen LogP contribution >= 0.6 is 23.1 Å². The van der Waals surface area contributed by atoms with Crippen LogP contribution in [0.4, 0.5) is 0 Å². The van der Waals surface area contributed by atoms with Gasteiger partial charge in [-0.2, -0.15) is 5.10 Å². The Bertz CT molecular complexity index is 1920. The Balaban J connectivity index is 1.26.